The predicted octanol–water partition coefficient (Wildman–Crippen LogP) is 3.70. The minimum atomic E-state index is -0.241. The molecule has 4 rings (SSSR count). The maximum Gasteiger partial charge on any atom is 0.313 e. The Kier molecular flexibility index (Phi) is 4.10. The first-order valence-electron chi connectivity index (χ1n) is 8.62. The number of nitrogens with zero attached hydrogens (tertiary/aromatic N) is 2. The van der Waals surface area contributed by atoms with Crippen molar-refractivity contribution in [3.8, 4) is 0 Å². The minimum absolute atomic E-state index is 0.151. The molecule has 2 heterocycles. The number of carbonyl (C=O) groups excluding carboxylic acids is 1. The molecule has 0 radical (unpaired) electrons. The van der Waals surface area contributed by atoms with Gasteiger partial charge in [0.15, 0.2) is 0 Å². The predicted molar refractivity (Wildman–Crippen MR) is 98.6 cm³/mol. The number of aliphatic imine (C=N–C) groups is 1. The van der Waals surface area contributed by atoms with Crippen LogP contribution in [-0.4, -0.2) is 29.9 Å². The number of amidine groups is 1. The zero-order chi connectivity index (χ0) is 17.2. The molecular formula is C21H20N2O2. The largest absolute Gasteiger partial charge is 0.466 e. The molecule has 4 nitrogen and oxygen atoms in total. The Morgan fingerprint density at radius 1 is 1.32 bits per heavy atom. The third-order valence-corrected chi connectivity index (χ3v) is 4.65. The lowest BCUT2D eigenvalue weighted by atomic mass is 9.99. The first-order valence-corrected chi connectivity index (χ1v) is 8.62. The molecule has 3 aliphatic rings. The maximum absolute atomic E-state index is 12.5. The van der Waals surface area contributed by atoms with E-state index in [1.165, 1.54) is 0 Å². The molecular weight excluding hydrogens is 312 g/mol. The van der Waals surface area contributed by atoms with Crippen molar-refractivity contribution in [3.05, 3.63) is 77.2 Å². The normalized spacial score (nSPS) is 22.8. The number of esters is 1. The number of fused-ring (bicyclic) bond motifs is 1. The lowest BCUT2D eigenvalue weighted by Gasteiger charge is -2.28. The van der Waals surface area contributed by atoms with Gasteiger partial charge in [-0.05, 0) is 48.3 Å². The summed E-state index contributed by atoms with van der Waals surface area (Å²) in [6.07, 6.45) is 10.8. The van der Waals surface area contributed by atoms with Crippen LogP contribution in [0.2, 0.25) is 0 Å². The van der Waals surface area contributed by atoms with Crippen molar-refractivity contribution < 1.29 is 9.53 Å². The summed E-state index contributed by atoms with van der Waals surface area (Å²) in [5, 5.41) is 0. The molecule has 4 heteroatoms. The molecule has 0 aromatic heterocycles. The molecule has 0 amide bonds. The smallest absolute Gasteiger partial charge is 0.313 e. The van der Waals surface area contributed by atoms with Crippen molar-refractivity contribution in [2.45, 2.75) is 13.3 Å². The second-order valence-corrected chi connectivity index (χ2v) is 6.26. The monoisotopic (exact) mass is 332 g/mol. The van der Waals surface area contributed by atoms with Crippen molar-refractivity contribution in [1.82, 2.24) is 4.90 Å². The first kappa shape index (κ1) is 15.6. The van der Waals surface area contributed by atoms with Crippen LogP contribution in [0.1, 0.15) is 18.9 Å². The molecule has 126 valence electrons. The van der Waals surface area contributed by atoms with E-state index in [1.54, 1.807) is 0 Å². The summed E-state index contributed by atoms with van der Waals surface area (Å²) >= 11 is 0. The fourth-order valence-electron chi connectivity index (χ4n) is 3.49. The molecule has 25 heavy (non-hydrogen) atoms. The van der Waals surface area contributed by atoms with Gasteiger partial charge in [-0.1, -0.05) is 36.4 Å². The summed E-state index contributed by atoms with van der Waals surface area (Å²) in [6.45, 7) is 2.93. The van der Waals surface area contributed by atoms with E-state index in [0.29, 0.717) is 19.6 Å². The van der Waals surface area contributed by atoms with Crippen LogP contribution in [0.3, 0.4) is 0 Å². The van der Waals surface area contributed by atoms with Gasteiger partial charge in [-0.15, -0.1) is 0 Å². The van der Waals surface area contributed by atoms with E-state index in [1.807, 2.05) is 49.6 Å². The molecule has 1 aliphatic carbocycles. The van der Waals surface area contributed by atoms with Crippen molar-refractivity contribution in [3.63, 3.8) is 0 Å². The molecule has 1 aromatic carbocycles. The second-order valence-electron chi connectivity index (χ2n) is 6.26. The number of hydrogen-bond donors (Lipinski definition) is 0. The molecule has 0 saturated carbocycles. The van der Waals surface area contributed by atoms with Crippen molar-refractivity contribution >= 4 is 17.9 Å². The Labute approximate surface area is 147 Å². The number of rotatable bonds is 3. The lowest BCUT2D eigenvalue weighted by Crippen LogP contribution is -2.33. The first-order chi connectivity index (χ1) is 12.3. The van der Waals surface area contributed by atoms with Crippen molar-refractivity contribution in [2.75, 3.05) is 13.2 Å². The van der Waals surface area contributed by atoms with Gasteiger partial charge in [-0.3, -0.25) is 4.79 Å². The average Bonchev–Trinajstić information content (AvgIpc) is 2.98. The molecule has 1 unspecified atom stereocenters. The molecule has 0 N–H and O–H groups in total. The Bertz CT molecular complexity index is 844. The average molecular weight is 332 g/mol. The highest BCUT2D eigenvalue weighted by Crippen LogP contribution is 2.41. The number of carbonyl (C=O) groups is 1. The summed E-state index contributed by atoms with van der Waals surface area (Å²) in [6, 6.07) is 10.2. The van der Waals surface area contributed by atoms with Gasteiger partial charge in [0.2, 0.25) is 0 Å². The molecule has 0 bridgehead atoms. The van der Waals surface area contributed by atoms with Crippen LogP contribution in [0.15, 0.2) is 76.6 Å². The molecule has 0 fully saturated rings. The van der Waals surface area contributed by atoms with Gasteiger partial charge in [0.1, 0.15) is 5.84 Å². The minimum Gasteiger partial charge on any atom is -0.466 e. The fourth-order valence-corrected chi connectivity index (χ4v) is 3.49. The van der Waals surface area contributed by atoms with E-state index in [9.17, 15) is 4.79 Å². The number of benzene rings is 1. The van der Waals surface area contributed by atoms with Crippen LogP contribution < -0.4 is 0 Å². The van der Waals surface area contributed by atoms with Crippen LogP contribution in [0.4, 0.5) is 0 Å². The number of ether oxygens (including phenoxy) is 1. The third kappa shape index (κ3) is 2.95. The Morgan fingerprint density at radius 2 is 2.16 bits per heavy atom. The van der Waals surface area contributed by atoms with Gasteiger partial charge >= 0.3 is 5.97 Å². The van der Waals surface area contributed by atoms with Crippen LogP contribution in [0.5, 0.6) is 0 Å². The Balaban J connectivity index is 1.75. The molecule has 0 spiro atoms. The summed E-state index contributed by atoms with van der Waals surface area (Å²) in [4.78, 5) is 19.4. The number of allylic oxidation sites excluding steroid dienone is 3. The van der Waals surface area contributed by atoms with Gasteiger partial charge in [0.25, 0.3) is 0 Å². The van der Waals surface area contributed by atoms with Gasteiger partial charge in [-0.2, -0.15) is 0 Å². The summed E-state index contributed by atoms with van der Waals surface area (Å²) in [5.74, 6) is 0.529. The SMILES string of the molecule is CCOC(=O)C1CC(=Cc2ccccc2)C2=C1CN1C=CC=CC1=N2. The maximum atomic E-state index is 12.5. The Morgan fingerprint density at radius 3 is 2.96 bits per heavy atom. The van der Waals surface area contributed by atoms with E-state index in [2.05, 4.69) is 23.1 Å². The quantitative estimate of drug-likeness (QED) is 0.793. The highest BCUT2D eigenvalue weighted by molar-refractivity contribution is 5.98. The molecule has 1 atom stereocenters. The van der Waals surface area contributed by atoms with Crippen LogP contribution in [-0.2, 0) is 9.53 Å². The Hall–Kier alpha value is -2.88. The number of hydrogen-bond acceptors (Lipinski definition) is 4. The van der Waals surface area contributed by atoms with E-state index >= 15 is 0 Å². The van der Waals surface area contributed by atoms with Crippen LogP contribution >= 0.6 is 0 Å². The highest BCUT2D eigenvalue weighted by atomic mass is 16.5. The molecule has 2 aliphatic heterocycles. The van der Waals surface area contributed by atoms with Crippen LogP contribution in [0.25, 0.3) is 6.08 Å². The zero-order valence-corrected chi connectivity index (χ0v) is 14.2. The van der Waals surface area contributed by atoms with Gasteiger partial charge in [0.05, 0.1) is 18.2 Å². The zero-order valence-electron chi connectivity index (χ0n) is 14.2. The van der Waals surface area contributed by atoms with Gasteiger partial charge in [0, 0.05) is 12.7 Å². The molecule has 0 saturated heterocycles. The van der Waals surface area contributed by atoms with E-state index in [4.69, 9.17) is 9.73 Å². The summed E-state index contributed by atoms with van der Waals surface area (Å²) in [7, 11) is 0. The fraction of sp³-hybridized carbons (Fsp3) is 0.238. The van der Waals surface area contributed by atoms with E-state index in [-0.39, 0.29) is 11.9 Å². The van der Waals surface area contributed by atoms with Crippen molar-refractivity contribution in [2.24, 2.45) is 10.9 Å². The van der Waals surface area contributed by atoms with Gasteiger partial charge in [-0.25, -0.2) is 4.99 Å². The van der Waals surface area contributed by atoms with Gasteiger partial charge < -0.3 is 9.64 Å². The topological polar surface area (TPSA) is 41.9 Å². The van der Waals surface area contributed by atoms with Crippen molar-refractivity contribution in [1.29, 1.82) is 0 Å². The van der Waals surface area contributed by atoms with E-state index in [0.717, 1.165) is 28.2 Å². The highest BCUT2D eigenvalue weighted by Gasteiger charge is 2.38. The summed E-state index contributed by atoms with van der Waals surface area (Å²) in [5.41, 5.74) is 4.24. The lowest BCUT2D eigenvalue weighted by molar-refractivity contribution is -0.146. The van der Waals surface area contributed by atoms with E-state index < -0.39 is 0 Å². The summed E-state index contributed by atoms with van der Waals surface area (Å²) < 4.78 is 5.31. The third-order valence-electron chi connectivity index (χ3n) is 4.65. The standard InChI is InChI=1S/C21H20N2O2/c1-2-25-21(24)17-13-16(12-15-8-4-3-5-9-15)20-18(17)14-23-11-7-6-10-19(23)22-20/h3-12,17H,2,13-14H2,1H3. The molecule has 1 aromatic rings. The van der Waals surface area contributed by atoms with Crippen LogP contribution in [0, 0.1) is 5.92 Å². The second kappa shape index (κ2) is 6.55.